The van der Waals surface area contributed by atoms with E-state index in [2.05, 4.69) is 33.1 Å². The first kappa shape index (κ1) is 15.4. The van der Waals surface area contributed by atoms with Crippen LogP contribution in [0.1, 0.15) is 78.6 Å². The van der Waals surface area contributed by atoms with Crippen LogP contribution in [-0.4, -0.2) is 13.1 Å². The molecule has 0 spiro atoms. The fraction of sp³-hybridized carbons (Fsp3) is 1.00. The predicted molar refractivity (Wildman–Crippen MR) is 84.3 cm³/mol. The molecular weight excluding hydrogens is 230 g/mol. The lowest BCUT2D eigenvalue weighted by atomic mass is 9.66. The third-order valence-corrected chi connectivity index (χ3v) is 6.00. The Balaban J connectivity index is 1.87. The number of rotatable bonds is 3. The van der Waals surface area contributed by atoms with E-state index in [1.165, 1.54) is 57.8 Å². The molecule has 0 radical (unpaired) electrons. The number of nitrogens with one attached hydrogen (secondary N) is 1. The van der Waals surface area contributed by atoms with E-state index in [0.717, 1.165) is 23.8 Å². The highest BCUT2D eigenvalue weighted by atomic mass is 14.9. The van der Waals surface area contributed by atoms with Gasteiger partial charge < -0.3 is 5.32 Å². The number of hydrogen-bond donors (Lipinski definition) is 1. The summed E-state index contributed by atoms with van der Waals surface area (Å²) in [4.78, 5) is 0. The fourth-order valence-corrected chi connectivity index (χ4v) is 4.69. The Morgan fingerprint density at radius 1 is 0.789 bits per heavy atom. The summed E-state index contributed by atoms with van der Waals surface area (Å²) in [6, 6.07) is 0.807. The van der Waals surface area contributed by atoms with E-state index < -0.39 is 0 Å². The molecule has 1 unspecified atom stereocenters. The van der Waals surface area contributed by atoms with E-state index in [9.17, 15) is 0 Å². The van der Waals surface area contributed by atoms with Crippen LogP contribution >= 0.6 is 0 Å². The fourth-order valence-electron chi connectivity index (χ4n) is 4.69. The molecular formula is C18H35N. The zero-order chi connectivity index (χ0) is 13.9. The van der Waals surface area contributed by atoms with Crippen molar-refractivity contribution in [3.05, 3.63) is 0 Å². The van der Waals surface area contributed by atoms with E-state index in [-0.39, 0.29) is 0 Å². The summed E-state index contributed by atoms with van der Waals surface area (Å²) < 4.78 is 0. The molecule has 0 heterocycles. The van der Waals surface area contributed by atoms with Crippen molar-refractivity contribution in [2.75, 3.05) is 7.05 Å². The van der Waals surface area contributed by atoms with Crippen molar-refractivity contribution in [1.29, 1.82) is 0 Å². The third kappa shape index (κ3) is 3.97. The van der Waals surface area contributed by atoms with E-state index in [0.29, 0.717) is 5.41 Å². The van der Waals surface area contributed by atoms with Gasteiger partial charge in [0.05, 0.1) is 0 Å². The second kappa shape index (κ2) is 6.61. The van der Waals surface area contributed by atoms with Crippen LogP contribution in [0.5, 0.6) is 0 Å². The van der Waals surface area contributed by atoms with Gasteiger partial charge >= 0.3 is 0 Å². The molecule has 1 nitrogen and oxygen atoms in total. The first-order valence-electron chi connectivity index (χ1n) is 8.69. The van der Waals surface area contributed by atoms with Crippen molar-refractivity contribution in [2.24, 2.45) is 23.2 Å². The molecule has 2 rings (SSSR count). The molecule has 1 heteroatoms. The molecule has 2 aliphatic rings. The van der Waals surface area contributed by atoms with Gasteiger partial charge in [-0.1, -0.05) is 40.0 Å². The SMILES string of the molecule is CNC(C1CCCCC1)C1CCC(C(C)(C)C)CC1. The highest BCUT2D eigenvalue weighted by Crippen LogP contribution is 2.42. The maximum absolute atomic E-state index is 3.70. The molecule has 0 saturated heterocycles. The summed E-state index contributed by atoms with van der Waals surface area (Å²) in [6.07, 6.45) is 13.2. The van der Waals surface area contributed by atoms with Gasteiger partial charge in [0.15, 0.2) is 0 Å². The average Bonchev–Trinajstić information content (AvgIpc) is 2.40. The lowest BCUT2D eigenvalue weighted by Gasteiger charge is -2.42. The lowest BCUT2D eigenvalue weighted by Crippen LogP contribution is -2.43. The van der Waals surface area contributed by atoms with Gasteiger partial charge in [0.2, 0.25) is 0 Å². The Bertz CT molecular complexity index is 251. The topological polar surface area (TPSA) is 12.0 Å². The zero-order valence-electron chi connectivity index (χ0n) is 13.7. The van der Waals surface area contributed by atoms with E-state index in [4.69, 9.17) is 0 Å². The van der Waals surface area contributed by atoms with Crippen molar-refractivity contribution in [3.8, 4) is 0 Å². The summed E-state index contributed by atoms with van der Waals surface area (Å²) in [5.41, 5.74) is 0.519. The summed E-state index contributed by atoms with van der Waals surface area (Å²) in [7, 11) is 2.20. The van der Waals surface area contributed by atoms with Crippen molar-refractivity contribution in [3.63, 3.8) is 0 Å². The van der Waals surface area contributed by atoms with Crippen molar-refractivity contribution < 1.29 is 0 Å². The minimum absolute atomic E-state index is 0.519. The van der Waals surface area contributed by atoms with Gasteiger partial charge in [0, 0.05) is 6.04 Å². The monoisotopic (exact) mass is 265 g/mol. The van der Waals surface area contributed by atoms with Gasteiger partial charge in [-0.3, -0.25) is 0 Å². The molecule has 1 N–H and O–H groups in total. The summed E-state index contributed by atoms with van der Waals surface area (Å²) in [5, 5.41) is 3.70. The molecule has 2 saturated carbocycles. The van der Waals surface area contributed by atoms with Crippen LogP contribution in [0.4, 0.5) is 0 Å². The van der Waals surface area contributed by atoms with Gasteiger partial charge in [-0.15, -0.1) is 0 Å². The molecule has 0 aromatic rings. The van der Waals surface area contributed by atoms with Crippen LogP contribution in [0, 0.1) is 23.2 Å². The van der Waals surface area contributed by atoms with Gasteiger partial charge in [-0.25, -0.2) is 0 Å². The smallest absolute Gasteiger partial charge is 0.0121 e. The van der Waals surface area contributed by atoms with Crippen LogP contribution in [0.25, 0.3) is 0 Å². The van der Waals surface area contributed by atoms with Crippen LogP contribution in [0.3, 0.4) is 0 Å². The van der Waals surface area contributed by atoms with Crippen LogP contribution in [0.15, 0.2) is 0 Å². The van der Waals surface area contributed by atoms with E-state index >= 15 is 0 Å². The maximum Gasteiger partial charge on any atom is 0.0121 e. The number of hydrogen-bond acceptors (Lipinski definition) is 1. The second-order valence-electron chi connectivity index (χ2n) is 8.19. The normalized spacial score (nSPS) is 32.2. The second-order valence-corrected chi connectivity index (χ2v) is 8.19. The summed E-state index contributed by atoms with van der Waals surface area (Å²) >= 11 is 0. The molecule has 2 fully saturated rings. The maximum atomic E-state index is 3.70. The quantitative estimate of drug-likeness (QED) is 0.756. The van der Waals surface area contributed by atoms with Crippen molar-refractivity contribution in [1.82, 2.24) is 5.32 Å². The van der Waals surface area contributed by atoms with Crippen LogP contribution in [0.2, 0.25) is 0 Å². The molecule has 0 aliphatic heterocycles. The Morgan fingerprint density at radius 3 is 1.79 bits per heavy atom. The Kier molecular flexibility index (Phi) is 5.34. The minimum atomic E-state index is 0.519. The molecule has 0 amide bonds. The molecule has 19 heavy (non-hydrogen) atoms. The predicted octanol–water partition coefficient (Wildman–Crippen LogP) is 5.01. The van der Waals surface area contributed by atoms with E-state index in [1.54, 1.807) is 0 Å². The molecule has 0 aromatic carbocycles. The lowest BCUT2D eigenvalue weighted by molar-refractivity contribution is 0.110. The van der Waals surface area contributed by atoms with Gasteiger partial charge in [0.25, 0.3) is 0 Å². The molecule has 1 atom stereocenters. The van der Waals surface area contributed by atoms with Crippen LogP contribution in [-0.2, 0) is 0 Å². The summed E-state index contributed by atoms with van der Waals surface area (Å²) in [6.45, 7) is 7.28. The highest BCUT2D eigenvalue weighted by molar-refractivity contribution is 4.89. The minimum Gasteiger partial charge on any atom is -0.316 e. The summed E-state index contributed by atoms with van der Waals surface area (Å²) in [5.74, 6) is 2.87. The standard InChI is InChI=1S/C18H35N/c1-18(2,3)16-12-10-15(11-13-16)17(19-4)14-8-6-5-7-9-14/h14-17,19H,5-13H2,1-4H3. The van der Waals surface area contributed by atoms with Crippen LogP contribution < -0.4 is 5.32 Å². The Labute approximate surface area is 120 Å². The highest BCUT2D eigenvalue weighted by Gasteiger charge is 2.35. The zero-order valence-corrected chi connectivity index (χ0v) is 13.7. The molecule has 0 bridgehead atoms. The van der Waals surface area contributed by atoms with E-state index in [1.807, 2.05) is 0 Å². The van der Waals surface area contributed by atoms with Gasteiger partial charge in [-0.05, 0) is 68.7 Å². The largest absolute Gasteiger partial charge is 0.316 e. The molecule has 0 aromatic heterocycles. The first-order chi connectivity index (χ1) is 9.02. The molecule has 2 aliphatic carbocycles. The average molecular weight is 265 g/mol. The Hall–Kier alpha value is -0.0400. The molecule has 112 valence electrons. The first-order valence-corrected chi connectivity index (χ1v) is 8.69. The van der Waals surface area contributed by atoms with Gasteiger partial charge in [-0.2, -0.15) is 0 Å². The van der Waals surface area contributed by atoms with Crippen molar-refractivity contribution >= 4 is 0 Å². The van der Waals surface area contributed by atoms with Crippen molar-refractivity contribution in [2.45, 2.75) is 84.6 Å². The van der Waals surface area contributed by atoms with Gasteiger partial charge in [0.1, 0.15) is 0 Å². The Morgan fingerprint density at radius 2 is 1.32 bits per heavy atom. The third-order valence-electron chi connectivity index (χ3n) is 6.00.